The van der Waals surface area contributed by atoms with E-state index in [-0.39, 0.29) is 5.97 Å². The summed E-state index contributed by atoms with van der Waals surface area (Å²) in [4.78, 5) is 13.2. The average Bonchev–Trinajstić information content (AvgIpc) is 2.57. The minimum absolute atomic E-state index is 0.235. The molecule has 74 valence electrons. The lowest BCUT2D eigenvalue weighted by molar-refractivity contribution is -0.138. The fourth-order valence-electron chi connectivity index (χ4n) is 1.47. The van der Waals surface area contributed by atoms with Gasteiger partial charge in [0, 0.05) is 12.6 Å². The van der Waals surface area contributed by atoms with Crippen molar-refractivity contribution in [2.24, 2.45) is 0 Å². The van der Waals surface area contributed by atoms with Crippen molar-refractivity contribution >= 4 is 5.97 Å². The molecule has 0 atom stereocenters. The number of rotatable bonds is 4. The Balaban J connectivity index is 2.02. The van der Waals surface area contributed by atoms with Gasteiger partial charge in [0.05, 0.1) is 0 Å². The van der Waals surface area contributed by atoms with Crippen molar-refractivity contribution in [1.29, 1.82) is 0 Å². The molecular formula is C10H17NO2. The lowest BCUT2D eigenvalue weighted by Gasteiger charge is -2.13. The molecule has 13 heavy (non-hydrogen) atoms. The highest BCUT2D eigenvalue weighted by atomic mass is 16.5. The van der Waals surface area contributed by atoms with E-state index in [9.17, 15) is 4.79 Å². The molecule has 0 spiro atoms. The zero-order chi connectivity index (χ0) is 9.52. The summed E-state index contributed by atoms with van der Waals surface area (Å²) in [6.45, 7) is 5.51. The van der Waals surface area contributed by atoms with Gasteiger partial charge in [0.25, 0.3) is 0 Å². The number of nitrogens with zero attached hydrogens (tertiary/aromatic N) is 1. The summed E-state index contributed by atoms with van der Waals surface area (Å²) in [5.74, 6) is -0.235. The van der Waals surface area contributed by atoms with Gasteiger partial charge in [-0.3, -0.25) is 4.90 Å². The van der Waals surface area contributed by atoms with E-state index in [1.165, 1.54) is 18.9 Å². The Hall–Kier alpha value is -0.830. The highest BCUT2D eigenvalue weighted by molar-refractivity contribution is 5.81. The Morgan fingerprint density at radius 2 is 2.15 bits per heavy atom. The van der Waals surface area contributed by atoms with Crippen molar-refractivity contribution in [3.8, 4) is 0 Å². The van der Waals surface area contributed by atoms with Gasteiger partial charge in [0.2, 0.25) is 0 Å². The number of hydrogen-bond acceptors (Lipinski definition) is 3. The van der Waals surface area contributed by atoms with Crippen LogP contribution in [-0.2, 0) is 9.53 Å². The maximum atomic E-state index is 10.9. The van der Waals surface area contributed by atoms with Crippen LogP contribution in [0.2, 0.25) is 0 Å². The van der Waals surface area contributed by atoms with E-state index in [0.29, 0.717) is 6.61 Å². The van der Waals surface area contributed by atoms with E-state index in [1.807, 2.05) is 6.92 Å². The smallest absolute Gasteiger partial charge is 0.330 e. The van der Waals surface area contributed by atoms with E-state index >= 15 is 0 Å². The monoisotopic (exact) mass is 183 g/mol. The molecule has 0 unspecified atom stereocenters. The van der Waals surface area contributed by atoms with Gasteiger partial charge in [-0.1, -0.05) is 6.08 Å². The summed E-state index contributed by atoms with van der Waals surface area (Å²) in [6, 6.07) is 0. The molecule has 0 aromatic carbocycles. The quantitative estimate of drug-likeness (QED) is 0.484. The maximum absolute atomic E-state index is 10.9. The third-order valence-electron chi connectivity index (χ3n) is 2.15. The fourth-order valence-corrected chi connectivity index (χ4v) is 1.47. The Kier molecular flexibility index (Phi) is 4.54. The van der Waals surface area contributed by atoms with Gasteiger partial charge in [-0.15, -0.1) is 0 Å². The van der Waals surface area contributed by atoms with Crippen LogP contribution >= 0.6 is 0 Å². The molecule has 3 heteroatoms. The lowest BCUT2D eigenvalue weighted by Crippen LogP contribution is -2.24. The largest absolute Gasteiger partial charge is 0.461 e. The predicted molar refractivity (Wildman–Crippen MR) is 51.4 cm³/mol. The van der Waals surface area contributed by atoms with Crippen LogP contribution in [0.4, 0.5) is 0 Å². The minimum atomic E-state index is -0.235. The molecule has 0 radical (unpaired) electrons. The molecule has 1 aliphatic rings. The third kappa shape index (κ3) is 4.08. The summed E-state index contributed by atoms with van der Waals surface area (Å²) in [5, 5.41) is 0. The van der Waals surface area contributed by atoms with Crippen molar-refractivity contribution in [3.05, 3.63) is 12.2 Å². The van der Waals surface area contributed by atoms with Crippen LogP contribution in [0.1, 0.15) is 19.8 Å². The van der Waals surface area contributed by atoms with E-state index in [4.69, 9.17) is 4.74 Å². The van der Waals surface area contributed by atoms with Crippen LogP contribution in [0, 0.1) is 0 Å². The normalized spacial score (nSPS) is 18.2. The van der Waals surface area contributed by atoms with Gasteiger partial charge in [0.15, 0.2) is 0 Å². The van der Waals surface area contributed by atoms with Gasteiger partial charge >= 0.3 is 5.97 Å². The number of ether oxygens (including phenoxy) is 1. The molecule has 1 saturated heterocycles. The number of esters is 1. The number of hydrogen-bond donors (Lipinski definition) is 0. The first-order valence-electron chi connectivity index (χ1n) is 4.84. The molecule has 0 aliphatic carbocycles. The Morgan fingerprint density at radius 3 is 2.77 bits per heavy atom. The third-order valence-corrected chi connectivity index (χ3v) is 2.15. The average molecular weight is 183 g/mol. The molecule has 0 saturated carbocycles. The summed E-state index contributed by atoms with van der Waals surface area (Å²) in [6.07, 6.45) is 5.70. The van der Waals surface area contributed by atoms with Crippen LogP contribution in [-0.4, -0.2) is 37.1 Å². The van der Waals surface area contributed by atoms with Crippen molar-refractivity contribution in [1.82, 2.24) is 4.90 Å². The molecule has 1 rings (SSSR count). The second kappa shape index (κ2) is 5.75. The molecule has 0 N–H and O–H groups in total. The second-order valence-corrected chi connectivity index (χ2v) is 3.22. The van der Waals surface area contributed by atoms with E-state index < -0.39 is 0 Å². The highest BCUT2D eigenvalue weighted by Crippen LogP contribution is 2.05. The fraction of sp³-hybridized carbons (Fsp3) is 0.700. The molecule has 0 bridgehead atoms. The molecule has 0 aromatic heterocycles. The molecule has 3 nitrogen and oxygen atoms in total. The van der Waals surface area contributed by atoms with Gasteiger partial charge in [-0.05, 0) is 32.9 Å². The van der Waals surface area contributed by atoms with Crippen LogP contribution in [0.3, 0.4) is 0 Å². The van der Waals surface area contributed by atoms with Crippen molar-refractivity contribution in [2.45, 2.75) is 19.8 Å². The Labute approximate surface area is 79.4 Å². The van der Waals surface area contributed by atoms with Crippen LogP contribution in [0.25, 0.3) is 0 Å². The SMILES string of the molecule is C/C=C/C(=O)OCCN1CCCC1. The number of carbonyl (C=O) groups excluding carboxylic acids is 1. The molecular weight excluding hydrogens is 166 g/mol. The van der Waals surface area contributed by atoms with Crippen molar-refractivity contribution in [3.63, 3.8) is 0 Å². The molecule has 1 fully saturated rings. The van der Waals surface area contributed by atoms with E-state index in [1.54, 1.807) is 6.08 Å². The summed E-state index contributed by atoms with van der Waals surface area (Å²) < 4.78 is 4.98. The van der Waals surface area contributed by atoms with Crippen LogP contribution < -0.4 is 0 Å². The summed E-state index contributed by atoms with van der Waals surface area (Å²) in [7, 11) is 0. The first-order chi connectivity index (χ1) is 6.33. The van der Waals surface area contributed by atoms with Crippen LogP contribution in [0.5, 0.6) is 0 Å². The first-order valence-corrected chi connectivity index (χ1v) is 4.84. The molecule has 1 aliphatic heterocycles. The highest BCUT2D eigenvalue weighted by Gasteiger charge is 2.10. The van der Waals surface area contributed by atoms with Gasteiger partial charge in [-0.25, -0.2) is 4.79 Å². The van der Waals surface area contributed by atoms with E-state index in [2.05, 4.69) is 4.90 Å². The topological polar surface area (TPSA) is 29.5 Å². The lowest BCUT2D eigenvalue weighted by atomic mass is 10.4. The standard InChI is InChI=1S/C10H17NO2/c1-2-5-10(12)13-9-8-11-6-3-4-7-11/h2,5H,3-4,6-9H2,1H3/b5-2+. The predicted octanol–water partition coefficient (Wildman–Crippen LogP) is 1.20. The second-order valence-electron chi connectivity index (χ2n) is 3.22. The van der Waals surface area contributed by atoms with Crippen LogP contribution in [0.15, 0.2) is 12.2 Å². The maximum Gasteiger partial charge on any atom is 0.330 e. The Morgan fingerprint density at radius 1 is 1.46 bits per heavy atom. The number of likely N-dealkylation sites (tertiary alicyclic amines) is 1. The number of carbonyl (C=O) groups is 1. The molecule has 0 amide bonds. The van der Waals surface area contributed by atoms with Crippen molar-refractivity contribution < 1.29 is 9.53 Å². The molecule has 1 heterocycles. The Bertz CT molecular complexity index is 183. The number of allylic oxidation sites excluding steroid dienone is 1. The summed E-state index contributed by atoms with van der Waals surface area (Å²) >= 11 is 0. The van der Waals surface area contributed by atoms with Gasteiger partial charge in [-0.2, -0.15) is 0 Å². The zero-order valence-electron chi connectivity index (χ0n) is 8.16. The first kappa shape index (κ1) is 10.3. The van der Waals surface area contributed by atoms with Crippen molar-refractivity contribution in [2.75, 3.05) is 26.2 Å². The van der Waals surface area contributed by atoms with Gasteiger partial charge < -0.3 is 4.74 Å². The molecule has 0 aromatic rings. The van der Waals surface area contributed by atoms with Gasteiger partial charge in [0.1, 0.15) is 6.61 Å². The summed E-state index contributed by atoms with van der Waals surface area (Å²) in [5.41, 5.74) is 0. The van der Waals surface area contributed by atoms with E-state index in [0.717, 1.165) is 19.6 Å². The minimum Gasteiger partial charge on any atom is -0.461 e. The zero-order valence-corrected chi connectivity index (χ0v) is 8.16.